The van der Waals surface area contributed by atoms with Crippen molar-refractivity contribution in [1.82, 2.24) is 20.1 Å². The molecule has 0 spiro atoms. The molecule has 0 aliphatic rings. The Kier molecular flexibility index (Phi) is 7.35. The van der Waals surface area contributed by atoms with E-state index in [2.05, 4.69) is 22.1 Å². The number of aryl methyl sites for hydroxylation is 1. The Morgan fingerprint density at radius 3 is 2.69 bits per heavy atom. The molecule has 6 nitrogen and oxygen atoms in total. The van der Waals surface area contributed by atoms with Gasteiger partial charge in [-0.3, -0.25) is 9.36 Å². The van der Waals surface area contributed by atoms with Crippen LogP contribution >= 0.6 is 34.7 Å². The average molecular weight is 449 g/mol. The number of methoxy groups -OCH3 is 1. The third-order valence-electron chi connectivity index (χ3n) is 4.09. The molecule has 0 atom stereocenters. The van der Waals surface area contributed by atoms with Crippen molar-refractivity contribution in [1.29, 1.82) is 0 Å². The fraction of sp³-hybridized carbons (Fsp3) is 0.250. The zero-order valence-corrected chi connectivity index (χ0v) is 18.5. The van der Waals surface area contributed by atoms with Gasteiger partial charge in [0.15, 0.2) is 5.16 Å². The van der Waals surface area contributed by atoms with Gasteiger partial charge in [0.25, 0.3) is 5.91 Å². The van der Waals surface area contributed by atoms with Crippen LogP contribution in [-0.4, -0.2) is 40.1 Å². The molecule has 3 rings (SSSR count). The second kappa shape index (κ2) is 9.96. The highest BCUT2D eigenvalue weighted by Gasteiger charge is 2.16. The minimum atomic E-state index is -0.0685. The average Bonchev–Trinajstić information content (AvgIpc) is 3.32. The molecule has 1 amide bonds. The molecule has 0 saturated heterocycles. The van der Waals surface area contributed by atoms with E-state index in [9.17, 15) is 4.79 Å². The van der Waals surface area contributed by atoms with E-state index in [0.29, 0.717) is 28.9 Å². The van der Waals surface area contributed by atoms with Crippen LogP contribution in [0.2, 0.25) is 0 Å². The third-order valence-corrected chi connectivity index (χ3v) is 6.41. The largest absolute Gasteiger partial charge is 0.497 e. The van der Waals surface area contributed by atoms with Gasteiger partial charge in [-0.25, -0.2) is 0 Å². The number of aromatic nitrogens is 3. The number of halogens is 1. The van der Waals surface area contributed by atoms with Gasteiger partial charge in [0.2, 0.25) is 0 Å². The third kappa shape index (κ3) is 5.41. The summed E-state index contributed by atoms with van der Waals surface area (Å²) in [6.07, 6.45) is 0.539. The Morgan fingerprint density at radius 1 is 1.31 bits per heavy atom. The standard InChI is InChI=1S/C20H21ClN4O2S2/c1-13-9-11-28-18(13)19(26)22-10-8-17-23-24-20(29-12-14(2)21)25(17)15-4-6-16(27-3)7-5-15/h4-7,9,11H,2,8,10,12H2,1,3H3,(H,22,26). The Morgan fingerprint density at radius 2 is 2.07 bits per heavy atom. The molecule has 1 N–H and O–H groups in total. The topological polar surface area (TPSA) is 69.0 Å². The summed E-state index contributed by atoms with van der Waals surface area (Å²) in [5.41, 5.74) is 1.89. The molecule has 0 aliphatic carbocycles. The number of ether oxygens (including phenoxy) is 1. The fourth-order valence-electron chi connectivity index (χ4n) is 2.66. The second-order valence-electron chi connectivity index (χ2n) is 6.18. The molecule has 0 radical (unpaired) electrons. The van der Waals surface area contributed by atoms with E-state index in [-0.39, 0.29) is 5.91 Å². The maximum absolute atomic E-state index is 12.3. The van der Waals surface area contributed by atoms with Gasteiger partial charge in [0.1, 0.15) is 11.6 Å². The van der Waals surface area contributed by atoms with E-state index >= 15 is 0 Å². The molecular weight excluding hydrogens is 428 g/mol. The van der Waals surface area contributed by atoms with Crippen molar-refractivity contribution in [2.75, 3.05) is 19.4 Å². The highest BCUT2D eigenvalue weighted by molar-refractivity contribution is 7.99. The molecule has 1 aromatic carbocycles. The minimum absolute atomic E-state index is 0.0685. The van der Waals surface area contributed by atoms with Crippen LogP contribution in [0.1, 0.15) is 21.1 Å². The van der Waals surface area contributed by atoms with E-state index < -0.39 is 0 Å². The monoisotopic (exact) mass is 448 g/mol. The highest BCUT2D eigenvalue weighted by atomic mass is 35.5. The van der Waals surface area contributed by atoms with Crippen molar-refractivity contribution in [3.63, 3.8) is 0 Å². The molecule has 2 heterocycles. The smallest absolute Gasteiger partial charge is 0.261 e. The summed E-state index contributed by atoms with van der Waals surface area (Å²) in [5, 5.41) is 14.8. The normalized spacial score (nSPS) is 10.7. The lowest BCUT2D eigenvalue weighted by Gasteiger charge is -2.11. The summed E-state index contributed by atoms with van der Waals surface area (Å²) in [5.74, 6) is 1.98. The molecule has 152 valence electrons. The second-order valence-corrected chi connectivity index (χ2v) is 8.57. The van der Waals surface area contributed by atoms with Gasteiger partial charge in [0.05, 0.1) is 12.0 Å². The summed E-state index contributed by atoms with van der Waals surface area (Å²) >= 11 is 8.82. The van der Waals surface area contributed by atoms with Crippen LogP contribution in [0, 0.1) is 6.92 Å². The molecule has 3 aromatic rings. The molecule has 9 heteroatoms. The highest BCUT2D eigenvalue weighted by Crippen LogP contribution is 2.25. The number of hydrogen-bond donors (Lipinski definition) is 1. The molecule has 29 heavy (non-hydrogen) atoms. The van der Waals surface area contributed by atoms with Crippen molar-refractivity contribution >= 4 is 40.6 Å². The van der Waals surface area contributed by atoms with Crippen molar-refractivity contribution in [3.8, 4) is 11.4 Å². The minimum Gasteiger partial charge on any atom is -0.497 e. The number of hydrogen-bond acceptors (Lipinski definition) is 6. The lowest BCUT2D eigenvalue weighted by molar-refractivity contribution is 0.0957. The number of carbonyl (C=O) groups is 1. The molecule has 0 fully saturated rings. The van der Waals surface area contributed by atoms with Gasteiger partial charge in [-0.1, -0.05) is 29.9 Å². The summed E-state index contributed by atoms with van der Waals surface area (Å²) in [6, 6.07) is 9.59. The number of amides is 1. The molecule has 2 aromatic heterocycles. The van der Waals surface area contributed by atoms with E-state index in [1.54, 1.807) is 7.11 Å². The lowest BCUT2D eigenvalue weighted by Crippen LogP contribution is -2.26. The molecular formula is C20H21ClN4O2S2. The fourth-order valence-corrected chi connectivity index (χ4v) is 4.39. The number of nitrogens with zero attached hydrogens (tertiary/aromatic N) is 3. The van der Waals surface area contributed by atoms with E-state index in [1.807, 2.05) is 47.2 Å². The predicted molar refractivity (Wildman–Crippen MR) is 119 cm³/mol. The Labute approximate surface area is 182 Å². The number of thioether (sulfide) groups is 1. The Bertz CT molecular complexity index is 998. The summed E-state index contributed by atoms with van der Waals surface area (Å²) in [6.45, 7) is 6.11. The van der Waals surface area contributed by atoms with Crippen LogP contribution in [-0.2, 0) is 6.42 Å². The van der Waals surface area contributed by atoms with E-state index in [4.69, 9.17) is 16.3 Å². The lowest BCUT2D eigenvalue weighted by atomic mass is 10.2. The number of carbonyl (C=O) groups excluding carboxylic acids is 1. The number of rotatable bonds is 9. The van der Waals surface area contributed by atoms with E-state index in [0.717, 1.165) is 27.7 Å². The first-order chi connectivity index (χ1) is 14.0. The first-order valence-corrected chi connectivity index (χ1v) is 11.1. The van der Waals surface area contributed by atoms with Gasteiger partial charge < -0.3 is 10.1 Å². The SMILES string of the molecule is C=C(Cl)CSc1nnc(CCNC(=O)c2sccc2C)n1-c1ccc(OC)cc1. The van der Waals surface area contributed by atoms with Crippen LogP contribution in [0.25, 0.3) is 5.69 Å². The van der Waals surface area contributed by atoms with E-state index in [1.165, 1.54) is 23.1 Å². The number of thiophene rings is 1. The predicted octanol–water partition coefficient (Wildman–Crippen LogP) is 4.46. The quantitative estimate of drug-likeness (QED) is 0.489. The van der Waals surface area contributed by atoms with Crippen molar-refractivity contribution in [3.05, 3.63) is 63.6 Å². The molecule has 0 unspecified atom stereocenters. The van der Waals surface area contributed by atoms with Gasteiger partial charge in [-0.2, -0.15) is 0 Å². The van der Waals surface area contributed by atoms with Gasteiger partial charge in [-0.15, -0.1) is 21.5 Å². The van der Waals surface area contributed by atoms with Gasteiger partial charge >= 0.3 is 0 Å². The maximum atomic E-state index is 12.3. The Hall–Kier alpha value is -2.29. The van der Waals surface area contributed by atoms with Crippen LogP contribution in [0.4, 0.5) is 0 Å². The van der Waals surface area contributed by atoms with Crippen molar-refractivity contribution < 1.29 is 9.53 Å². The van der Waals surface area contributed by atoms with Crippen LogP contribution in [0.5, 0.6) is 5.75 Å². The molecule has 0 saturated carbocycles. The number of benzene rings is 1. The summed E-state index contributed by atoms with van der Waals surface area (Å²) in [4.78, 5) is 13.1. The molecule has 0 aliphatic heterocycles. The van der Waals surface area contributed by atoms with Crippen molar-refractivity contribution in [2.24, 2.45) is 0 Å². The maximum Gasteiger partial charge on any atom is 0.261 e. The van der Waals surface area contributed by atoms with Crippen LogP contribution < -0.4 is 10.1 Å². The summed E-state index contributed by atoms with van der Waals surface area (Å²) < 4.78 is 7.21. The van der Waals surface area contributed by atoms with Gasteiger partial charge in [0, 0.05) is 29.4 Å². The van der Waals surface area contributed by atoms with Gasteiger partial charge in [-0.05, 0) is 48.2 Å². The number of nitrogens with one attached hydrogen (secondary N) is 1. The van der Waals surface area contributed by atoms with Crippen LogP contribution in [0.15, 0.2) is 52.5 Å². The molecule has 0 bridgehead atoms. The Balaban J connectivity index is 1.77. The first-order valence-electron chi connectivity index (χ1n) is 8.86. The summed E-state index contributed by atoms with van der Waals surface area (Å²) in [7, 11) is 1.63. The first kappa shape index (κ1) is 21.4. The zero-order valence-electron chi connectivity index (χ0n) is 16.1. The van der Waals surface area contributed by atoms with Crippen molar-refractivity contribution in [2.45, 2.75) is 18.5 Å². The zero-order chi connectivity index (χ0) is 20.8. The van der Waals surface area contributed by atoms with Crippen LogP contribution in [0.3, 0.4) is 0 Å².